The summed E-state index contributed by atoms with van der Waals surface area (Å²) in [5.41, 5.74) is 8.90. The average molecular weight is 1630 g/mol. The molecule has 28 heteroatoms. The van der Waals surface area contributed by atoms with Crippen molar-refractivity contribution < 1.29 is 51.2 Å². The highest BCUT2D eigenvalue weighted by Gasteiger charge is 2.40. The summed E-state index contributed by atoms with van der Waals surface area (Å²) < 4.78 is 88.3. The number of nitrogens with one attached hydrogen (secondary N) is 1. The second-order valence-electron chi connectivity index (χ2n) is 34.2. The number of esters is 1. The number of halogens is 2. The second-order valence-corrected chi connectivity index (χ2v) is 36.0. The molecule has 0 radical (unpaired) electrons. The Morgan fingerprint density at radius 3 is 1.76 bits per heavy atom. The van der Waals surface area contributed by atoms with Gasteiger partial charge in [-0.25, -0.2) is 49.9 Å². The lowest BCUT2D eigenvalue weighted by Gasteiger charge is -2.30. The summed E-state index contributed by atoms with van der Waals surface area (Å²) in [6.45, 7) is 19.2. The minimum Gasteiger partial charge on any atom is -0.481 e. The first kappa shape index (κ1) is 82.8. The van der Waals surface area contributed by atoms with Crippen LogP contribution in [0.25, 0.3) is 44.8 Å². The Labute approximate surface area is 690 Å². The highest BCUT2D eigenvalue weighted by Crippen LogP contribution is 2.45. The Morgan fingerprint density at radius 2 is 1.19 bits per heavy atom. The van der Waals surface area contributed by atoms with Crippen molar-refractivity contribution in [3.8, 4) is 23.0 Å². The topological polar surface area (TPSA) is 306 Å². The third-order valence-electron chi connectivity index (χ3n) is 24.5. The van der Waals surface area contributed by atoms with E-state index in [1.165, 1.54) is 25.4 Å². The van der Waals surface area contributed by atoms with Crippen LogP contribution in [-0.4, -0.2) is 129 Å². The van der Waals surface area contributed by atoms with E-state index in [2.05, 4.69) is 91.3 Å². The van der Waals surface area contributed by atoms with E-state index in [-0.39, 0.29) is 51.9 Å². The number of nitrogens with zero attached hydrogens (tertiary/aromatic N) is 15. The van der Waals surface area contributed by atoms with Gasteiger partial charge in [0.05, 0.1) is 64.7 Å². The smallest absolute Gasteiger partial charge is 0.308 e. The number of carbonyl (C=O) groups excluding carboxylic acids is 1. The summed E-state index contributed by atoms with van der Waals surface area (Å²) in [5, 5.41) is 51.1. The standard InChI is InChI=1S/C52H59FN8O6S.C39H43FN8O3/c1-33-16-18-38(19-17-33)68(63,64)61-25-21-39-40-31-60-32-44(56-58-60)51(3,4)22-9-10-23-52(5,37-14-12-13-35(28-37)27-34(2)49(62)65-7)50-55-48(59(6)57-50)42-29-36(20-24-54-42)47(46(40)41(53)30-43(39)61)67-45-15-8-11-26-66-45;1-23(36(50)51)17-24-9-8-10-26(18-24)39(4)14-7-6-13-38(2,3)32-22-48(46-44-32)21-28-27-12-16-41-30(27)20-29(40)33(28)34(49)25-11-15-42-31(19-25)35-43-37(39)45-47(35)5/h12-14,16-21,24-25,28-30,32,34,45,47H,8-11,15,22-23,26-27,31H2,1-7H3;8-12,15-16,18-20,22-23,34,41,49H,6-7,13-14,17,21H2,1-5H3,(H,50,51)/t34-,45?,47?,52+;23-,34?,39+/m00/s1. The van der Waals surface area contributed by atoms with Crippen molar-refractivity contribution in [3.05, 3.63) is 254 Å². The Morgan fingerprint density at radius 1 is 0.647 bits per heavy atom. The van der Waals surface area contributed by atoms with Crippen LogP contribution in [0.4, 0.5) is 8.78 Å². The maximum atomic E-state index is 17.7. The van der Waals surface area contributed by atoms with E-state index in [9.17, 15) is 28.2 Å². The molecule has 16 rings (SSSR count). The highest BCUT2D eigenvalue weighted by atomic mass is 32.2. The van der Waals surface area contributed by atoms with Crippen molar-refractivity contribution in [2.24, 2.45) is 25.9 Å². The van der Waals surface area contributed by atoms with E-state index in [4.69, 9.17) is 44.5 Å². The first-order valence-corrected chi connectivity index (χ1v) is 42.3. The van der Waals surface area contributed by atoms with Gasteiger partial charge in [-0.05, 0) is 184 Å². The molecule has 12 bridgehead atoms. The fraction of sp³-hybridized carbons (Fsp3) is 0.407. The first-order valence-electron chi connectivity index (χ1n) is 40.8. The van der Waals surface area contributed by atoms with Crippen LogP contribution < -0.4 is 0 Å². The molecule has 7 atom stereocenters. The number of H-pyrrole nitrogens is 1. The van der Waals surface area contributed by atoms with Crippen LogP contribution in [0.1, 0.15) is 222 Å². The molecular weight excluding hydrogens is 1530 g/mol. The Kier molecular flexibility index (Phi) is 23.3. The van der Waals surface area contributed by atoms with Gasteiger partial charge in [-0.3, -0.25) is 19.6 Å². The molecule has 5 aromatic carbocycles. The van der Waals surface area contributed by atoms with Crippen LogP contribution in [0.15, 0.2) is 163 Å². The highest BCUT2D eigenvalue weighted by molar-refractivity contribution is 7.90. The summed E-state index contributed by atoms with van der Waals surface area (Å²) in [6, 6.07) is 36.4. The van der Waals surface area contributed by atoms with E-state index in [0.717, 1.165) is 113 Å². The normalized spacial score (nSPS) is 20.2. The lowest BCUT2D eigenvalue weighted by molar-refractivity contribution is -0.182. The van der Waals surface area contributed by atoms with Crippen LogP contribution in [0.2, 0.25) is 0 Å². The predicted octanol–water partition coefficient (Wildman–Crippen LogP) is 15.9. The van der Waals surface area contributed by atoms with Gasteiger partial charge < -0.3 is 29.4 Å². The molecule has 0 aliphatic carbocycles. The first-order chi connectivity index (χ1) is 56.9. The molecule has 0 saturated carbocycles. The van der Waals surface area contributed by atoms with Crippen molar-refractivity contribution in [2.45, 2.75) is 204 Å². The van der Waals surface area contributed by atoms with E-state index < -0.39 is 68.3 Å². The van der Waals surface area contributed by atoms with Gasteiger partial charge in [0.25, 0.3) is 10.0 Å². The quantitative estimate of drug-likeness (QED) is 0.0957. The van der Waals surface area contributed by atoms with Gasteiger partial charge in [-0.15, -0.1) is 10.2 Å². The van der Waals surface area contributed by atoms with Gasteiger partial charge in [-0.2, -0.15) is 10.2 Å². The summed E-state index contributed by atoms with van der Waals surface area (Å²) in [4.78, 5) is 47.1. The number of aliphatic hydroxyl groups is 1. The lowest BCUT2D eigenvalue weighted by atomic mass is 9.75. The summed E-state index contributed by atoms with van der Waals surface area (Å²) in [7, 11) is 0.951. The number of fused-ring (bicyclic) bond motifs is 20. The molecule has 3 unspecified atom stereocenters. The number of aryl methyl sites for hydroxylation is 3. The maximum Gasteiger partial charge on any atom is 0.308 e. The third-order valence-corrected chi connectivity index (χ3v) is 26.2. The SMILES string of the molecule is COC(=O)[C@@H](C)Cc1cccc([C@@]2(C)CCCCC(C)(C)c3cn(nn3)Cc3c(c(F)cc4c3ccn4S(=O)(=O)c3ccc(C)cc3)C(OC3CCCCO3)c3ccnc(c3)-c3nc2nn3C)c1.C[C@@H](Cc1cccc([C@@]2(C)CCCCC(C)(C)c3cn(nn3)Cc3c(c(F)cc4[nH]ccc34)C(O)c3ccnc(c3)-c3nc2nn3C)c1)C(=O)O. The van der Waals surface area contributed by atoms with Crippen molar-refractivity contribution in [1.29, 1.82) is 0 Å². The molecule has 25 nitrogen and oxygen atoms in total. The summed E-state index contributed by atoms with van der Waals surface area (Å²) in [5.74, 6) is -0.867. The number of pyridine rings is 2. The van der Waals surface area contributed by atoms with Crippen molar-refractivity contribution in [2.75, 3.05) is 13.7 Å². The van der Waals surface area contributed by atoms with E-state index in [0.29, 0.717) is 93.7 Å². The Bertz CT molecular complexity index is 6040. The third kappa shape index (κ3) is 16.8. The van der Waals surface area contributed by atoms with E-state index >= 15 is 8.78 Å². The molecule has 3 N–H and O–H groups in total. The molecule has 1 saturated heterocycles. The Balaban J connectivity index is 0.000000194. The number of carboxylic acids is 1. The van der Waals surface area contributed by atoms with Crippen LogP contribution in [0.3, 0.4) is 0 Å². The van der Waals surface area contributed by atoms with Crippen LogP contribution in [0, 0.1) is 30.4 Å². The van der Waals surface area contributed by atoms with Gasteiger partial charge in [0.2, 0.25) is 0 Å². The van der Waals surface area contributed by atoms with Crippen molar-refractivity contribution in [3.63, 3.8) is 0 Å². The number of aliphatic hydroxyl groups excluding tert-OH is 1. The number of carboxylic acid groups (broad SMARTS) is 1. The maximum absolute atomic E-state index is 17.7. The lowest BCUT2D eigenvalue weighted by Crippen LogP contribution is -2.26. The van der Waals surface area contributed by atoms with Crippen LogP contribution in [0.5, 0.6) is 0 Å². The predicted molar refractivity (Wildman–Crippen MR) is 445 cm³/mol. The molecule has 11 heterocycles. The number of carbonyl (C=O) groups is 2. The number of aliphatic carboxylic acids is 1. The molecule has 0 spiro atoms. The van der Waals surface area contributed by atoms with Crippen LogP contribution >= 0.6 is 0 Å². The molecule has 8 aromatic heterocycles. The largest absolute Gasteiger partial charge is 0.481 e. The number of aromatic nitrogens is 16. The molecule has 3 aliphatic heterocycles. The zero-order chi connectivity index (χ0) is 84.0. The molecule has 13 aromatic rings. The fourth-order valence-corrected chi connectivity index (χ4v) is 18.4. The fourth-order valence-electron chi connectivity index (χ4n) is 17.1. The number of aromatic amines is 1. The zero-order valence-corrected chi connectivity index (χ0v) is 70.2. The van der Waals surface area contributed by atoms with Gasteiger partial charge in [0.1, 0.15) is 35.2 Å². The minimum atomic E-state index is -4.12. The molecule has 119 heavy (non-hydrogen) atoms. The number of hydrogen-bond acceptors (Lipinski definition) is 18. The summed E-state index contributed by atoms with van der Waals surface area (Å²) >= 11 is 0. The van der Waals surface area contributed by atoms with Gasteiger partial charge in [0, 0.05) is 96.1 Å². The van der Waals surface area contributed by atoms with Crippen molar-refractivity contribution in [1.82, 2.24) is 78.4 Å². The number of ether oxygens (including phenoxy) is 3. The molecule has 620 valence electrons. The van der Waals surface area contributed by atoms with Gasteiger partial charge in [0.15, 0.2) is 29.6 Å². The summed E-state index contributed by atoms with van der Waals surface area (Å²) in [6.07, 6.45) is 17.2. The molecule has 3 aliphatic rings. The molecule has 0 amide bonds. The second kappa shape index (κ2) is 33.5. The number of methoxy groups -OCH3 is 1. The zero-order valence-electron chi connectivity index (χ0n) is 69.3. The molecular formula is C91H102F2N16O9S. The molecule has 1 fully saturated rings. The number of hydrogen-bond donors (Lipinski definition) is 3. The van der Waals surface area contributed by atoms with Crippen molar-refractivity contribution >= 4 is 43.8 Å². The number of rotatable bonds is 12. The minimum absolute atomic E-state index is 0.0626. The van der Waals surface area contributed by atoms with E-state index in [1.807, 2.05) is 76.7 Å². The van der Waals surface area contributed by atoms with E-state index in [1.54, 1.807) is 92.8 Å². The number of benzene rings is 5. The van der Waals surface area contributed by atoms with Gasteiger partial charge in [-0.1, -0.05) is 144 Å². The Hall–Kier alpha value is -11.3. The average Bonchev–Trinajstić information content (AvgIpc) is 1.62. The van der Waals surface area contributed by atoms with Crippen LogP contribution in [-0.2, 0) is 95.5 Å². The monoisotopic (exact) mass is 1630 g/mol. The van der Waals surface area contributed by atoms with Gasteiger partial charge >= 0.3 is 11.9 Å².